The van der Waals surface area contributed by atoms with Crippen LogP contribution in [-0.2, 0) is 11.3 Å². The highest BCUT2D eigenvalue weighted by Crippen LogP contribution is 2.33. The molecule has 1 aliphatic heterocycles. The van der Waals surface area contributed by atoms with Crippen LogP contribution in [0.5, 0.6) is 11.5 Å². The van der Waals surface area contributed by atoms with E-state index in [1.807, 2.05) is 30.3 Å². The second-order valence-electron chi connectivity index (χ2n) is 6.65. The second kappa shape index (κ2) is 8.10. The number of furan rings is 1. The van der Waals surface area contributed by atoms with Gasteiger partial charge in [0.25, 0.3) is 11.8 Å². The predicted molar refractivity (Wildman–Crippen MR) is 106 cm³/mol. The molecule has 7 heteroatoms. The minimum Gasteiger partial charge on any atom is -0.482 e. The van der Waals surface area contributed by atoms with E-state index in [1.54, 1.807) is 37.3 Å². The maximum Gasteiger partial charge on any atom is 0.291 e. The van der Waals surface area contributed by atoms with E-state index in [2.05, 4.69) is 10.6 Å². The van der Waals surface area contributed by atoms with Crippen molar-refractivity contribution >= 4 is 17.5 Å². The molecule has 2 unspecified atom stereocenters. The summed E-state index contributed by atoms with van der Waals surface area (Å²) >= 11 is 0. The molecule has 0 spiro atoms. The highest BCUT2D eigenvalue weighted by molar-refractivity contribution is 6.02. The van der Waals surface area contributed by atoms with E-state index < -0.39 is 12.2 Å². The molecule has 7 nitrogen and oxygen atoms in total. The number of amides is 2. The molecular weight excluding hydrogens is 372 g/mol. The normalized spacial score (nSPS) is 17.4. The minimum absolute atomic E-state index is 0.242. The van der Waals surface area contributed by atoms with Crippen LogP contribution in [0.4, 0.5) is 5.69 Å². The lowest BCUT2D eigenvalue weighted by atomic mass is 10.1. The van der Waals surface area contributed by atoms with Gasteiger partial charge in [0, 0.05) is 12.2 Å². The lowest BCUT2D eigenvalue weighted by molar-refractivity contribution is -0.133. The Kier molecular flexibility index (Phi) is 5.20. The zero-order chi connectivity index (χ0) is 20.2. The highest BCUT2D eigenvalue weighted by Gasteiger charge is 2.33. The summed E-state index contributed by atoms with van der Waals surface area (Å²) in [6.45, 7) is 2.14. The van der Waals surface area contributed by atoms with E-state index in [4.69, 9.17) is 13.9 Å². The summed E-state index contributed by atoms with van der Waals surface area (Å²) in [7, 11) is 0. The van der Waals surface area contributed by atoms with Crippen molar-refractivity contribution in [2.45, 2.75) is 25.7 Å². The van der Waals surface area contributed by atoms with Crippen molar-refractivity contribution in [3.05, 3.63) is 78.3 Å². The topological polar surface area (TPSA) is 89.8 Å². The number of hydrogen-bond acceptors (Lipinski definition) is 5. The summed E-state index contributed by atoms with van der Waals surface area (Å²) in [4.78, 5) is 24.5. The van der Waals surface area contributed by atoms with Gasteiger partial charge in [-0.3, -0.25) is 9.59 Å². The number of carbonyl (C=O) groups is 2. The molecule has 1 aliphatic rings. The van der Waals surface area contributed by atoms with Crippen LogP contribution in [0.1, 0.15) is 23.0 Å². The Hall–Kier alpha value is -3.74. The zero-order valence-electron chi connectivity index (χ0n) is 15.8. The second-order valence-corrected chi connectivity index (χ2v) is 6.65. The Balaban J connectivity index is 1.32. The van der Waals surface area contributed by atoms with Crippen LogP contribution in [0, 0.1) is 0 Å². The van der Waals surface area contributed by atoms with Crippen molar-refractivity contribution in [2.24, 2.45) is 0 Å². The predicted octanol–water partition coefficient (Wildman–Crippen LogP) is 3.38. The number of carbonyl (C=O) groups excluding carboxylic acids is 2. The fourth-order valence-corrected chi connectivity index (χ4v) is 3.00. The number of rotatable bonds is 5. The standard InChI is InChI=1S/C22H20N2O5/c1-14-20(29-18-6-3-2-5-17(18)28-14)22(26)23-13-15-8-10-16(11-9-15)24-21(25)19-7-4-12-27-19/h2-12,14,20H,13H2,1H3,(H,23,26)(H,24,25). The number of hydrogen-bond donors (Lipinski definition) is 2. The summed E-state index contributed by atoms with van der Waals surface area (Å²) in [5.41, 5.74) is 1.52. The van der Waals surface area contributed by atoms with E-state index >= 15 is 0 Å². The van der Waals surface area contributed by atoms with Crippen molar-refractivity contribution in [3.63, 3.8) is 0 Å². The highest BCUT2D eigenvalue weighted by atomic mass is 16.6. The average molecular weight is 392 g/mol. The number of nitrogens with one attached hydrogen (secondary N) is 2. The molecule has 29 heavy (non-hydrogen) atoms. The van der Waals surface area contributed by atoms with Crippen LogP contribution in [0.25, 0.3) is 0 Å². The van der Waals surface area contributed by atoms with Crippen molar-refractivity contribution in [2.75, 3.05) is 5.32 Å². The van der Waals surface area contributed by atoms with Crippen molar-refractivity contribution in [1.29, 1.82) is 0 Å². The largest absolute Gasteiger partial charge is 0.482 e. The van der Waals surface area contributed by atoms with Gasteiger partial charge >= 0.3 is 0 Å². The summed E-state index contributed by atoms with van der Waals surface area (Å²) in [5, 5.41) is 5.61. The number of ether oxygens (including phenoxy) is 2. The third-order valence-corrected chi connectivity index (χ3v) is 4.52. The monoisotopic (exact) mass is 392 g/mol. The van der Waals surface area contributed by atoms with E-state index in [-0.39, 0.29) is 17.6 Å². The SMILES string of the molecule is CC1Oc2ccccc2OC1C(=O)NCc1ccc(NC(=O)c2ccco2)cc1. The Morgan fingerprint density at radius 2 is 1.66 bits per heavy atom. The van der Waals surface area contributed by atoms with Gasteiger partial charge in [-0.05, 0) is 48.9 Å². The van der Waals surface area contributed by atoms with Gasteiger partial charge < -0.3 is 24.5 Å². The van der Waals surface area contributed by atoms with Gasteiger partial charge in [-0.25, -0.2) is 0 Å². The maximum atomic E-state index is 12.6. The molecule has 0 saturated heterocycles. The Bertz CT molecular complexity index is 998. The molecule has 0 fully saturated rings. The molecule has 0 saturated carbocycles. The maximum absolute atomic E-state index is 12.6. The van der Waals surface area contributed by atoms with Gasteiger partial charge in [-0.2, -0.15) is 0 Å². The summed E-state index contributed by atoms with van der Waals surface area (Å²) in [6, 6.07) is 17.7. The quantitative estimate of drug-likeness (QED) is 0.695. The molecule has 0 radical (unpaired) electrons. The molecule has 3 aromatic rings. The zero-order valence-corrected chi connectivity index (χ0v) is 15.8. The third kappa shape index (κ3) is 4.24. The first-order valence-electron chi connectivity index (χ1n) is 9.24. The Morgan fingerprint density at radius 1 is 0.931 bits per heavy atom. The Morgan fingerprint density at radius 3 is 2.34 bits per heavy atom. The lowest BCUT2D eigenvalue weighted by Crippen LogP contribution is -2.48. The molecule has 2 aromatic carbocycles. The Labute approximate surface area is 167 Å². The van der Waals surface area contributed by atoms with Crippen molar-refractivity contribution in [1.82, 2.24) is 5.32 Å². The molecule has 0 aliphatic carbocycles. The van der Waals surface area contributed by atoms with Crippen LogP contribution < -0.4 is 20.1 Å². The summed E-state index contributed by atoms with van der Waals surface area (Å²) in [6.07, 6.45) is 0.321. The van der Waals surface area contributed by atoms with Crippen LogP contribution >= 0.6 is 0 Å². The van der Waals surface area contributed by atoms with E-state index in [0.717, 1.165) is 5.56 Å². The number of benzene rings is 2. The van der Waals surface area contributed by atoms with Gasteiger partial charge in [0.1, 0.15) is 6.10 Å². The molecule has 0 bridgehead atoms. The number of fused-ring (bicyclic) bond motifs is 1. The number of anilines is 1. The van der Waals surface area contributed by atoms with Crippen LogP contribution in [0.3, 0.4) is 0 Å². The molecular formula is C22H20N2O5. The van der Waals surface area contributed by atoms with Crippen molar-refractivity contribution in [3.8, 4) is 11.5 Å². The van der Waals surface area contributed by atoms with E-state index in [0.29, 0.717) is 23.7 Å². The van der Waals surface area contributed by atoms with E-state index in [1.165, 1.54) is 6.26 Å². The molecule has 2 heterocycles. The van der Waals surface area contributed by atoms with Gasteiger partial charge in [-0.15, -0.1) is 0 Å². The molecule has 2 N–H and O–H groups in total. The molecule has 2 atom stereocenters. The lowest BCUT2D eigenvalue weighted by Gasteiger charge is -2.31. The molecule has 2 amide bonds. The third-order valence-electron chi connectivity index (χ3n) is 4.52. The van der Waals surface area contributed by atoms with Crippen molar-refractivity contribution < 1.29 is 23.5 Å². The van der Waals surface area contributed by atoms with Gasteiger partial charge in [0.05, 0.1) is 6.26 Å². The first-order valence-corrected chi connectivity index (χ1v) is 9.24. The summed E-state index contributed by atoms with van der Waals surface area (Å²) < 4.78 is 16.6. The van der Waals surface area contributed by atoms with E-state index in [9.17, 15) is 9.59 Å². The average Bonchev–Trinajstić information content (AvgIpc) is 3.27. The van der Waals surface area contributed by atoms with Crippen LogP contribution in [0.2, 0.25) is 0 Å². The van der Waals surface area contributed by atoms with Gasteiger partial charge in [0.2, 0.25) is 6.10 Å². The minimum atomic E-state index is -0.725. The molecule has 1 aromatic heterocycles. The fraction of sp³-hybridized carbons (Fsp3) is 0.182. The van der Waals surface area contributed by atoms with Crippen LogP contribution in [0.15, 0.2) is 71.3 Å². The number of para-hydroxylation sites is 2. The smallest absolute Gasteiger partial charge is 0.291 e. The first kappa shape index (κ1) is 18.6. The van der Waals surface area contributed by atoms with Gasteiger partial charge in [-0.1, -0.05) is 24.3 Å². The fourth-order valence-electron chi connectivity index (χ4n) is 3.00. The van der Waals surface area contributed by atoms with Gasteiger partial charge in [0.15, 0.2) is 17.3 Å². The molecule has 148 valence electrons. The first-order chi connectivity index (χ1) is 14.1. The van der Waals surface area contributed by atoms with Crippen LogP contribution in [-0.4, -0.2) is 24.0 Å². The molecule has 4 rings (SSSR count). The summed E-state index contributed by atoms with van der Waals surface area (Å²) in [5.74, 6) is 0.868.